The lowest BCUT2D eigenvalue weighted by molar-refractivity contribution is 0.0695. The van der Waals surface area contributed by atoms with Gasteiger partial charge >= 0.3 is 0 Å². The van der Waals surface area contributed by atoms with Gasteiger partial charge in [0.15, 0.2) is 21.3 Å². The molecule has 2 aliphatic heterocycles. The Morgan fingerprint density at radius 3 is 2.72 bits per heavy atom. The molecule has 8 heteroatoms. The van der Waals surface area contributed by atoms with E-state index in [0.29, 0.717) is 49.0 Å². The third-order valence-corrected chi connectivity index (χ3v) is 6.20. The van der Waals surface area contributed by atoms with Gasteiger partial charge in [-0.3, -0.25) is 4.79 Å². The van der Waals surface area contributed by atoms with E-state index in [1.165, 1.54) is 7.11 Å². The van der Waals surface area contributed by atoms with Gasteiger partial charge in [0.2, 0.25) is 5.75 Å². The number of hydrogen-bond acceptors (Lipinski definition) is 6. The Hall–Kier alpha value is -1.96. The Kier molecular flexibility index (Phi) is 5.08. The van der Waals surface area contributed by atoms with Gasteiger partial charge in [-0.25, -0.2) is 8.42 Å². The molecule has 1 amide bonds. The highest BCUT2D eigenvalue weighted by molar-refractivity contribution is 7.91. The fourth-order valence-electron chi connectivity index (χ4n) is 3.27. The Bertz CT molecular complexity index is 743. The molecule has 1 saturated heterocycles. The summed E-state index contributed by atoms with van der Waals surface area (Å²) < 4.78 is 40.1. The van der Waals surface area contributed by atoms with E-state index in [1.54, 1.807) is 17.0 Å². The van der Waals surface area contributed by atoms with Crippen LogP contribution in [0.15, 0.2) is 12.1 Å². The molecule has 0 radical (unpaired) electrons. The quantitative estimate of drug-likeness (QED) is 0.782. The number of carbonyl (C=O) groups excluding carboxylic acids is 1. The molecule has 2 aliphatic rings. The fraction of sp³-hybridized carbons (Fsp3) is 0.588. The van der Waals surface area contributed by atoms with Gasteiger partial charge in [0.25, 0.3) is 5.91 Å². The fourth-order valence-corrected chi connectivity index (χ4v) is 5.01. The molecule has 0 unspecified atom stereocenters. The maximum Gasteiger partial charge on any atom is 0.254 e. The first-order valence-corrected chi connectivity index (χ1v) is 10.3. The summed E-state index contributed by atoms with van der Waals surface area (Å²) in [6.45, 7) is 3.32. The molecule has 0 bridgehead atoms. The Balaban J connectivity index is 1.92. The van der Waals surface area contributed by atoms with Crippen molar-refractivity contribution in [1.82, 2.24) is 4.90 Å². The lowest BCUT2D eigenvalue weighted by Crippen LogP contribution is -2.41. The number of benzene rings is 1. The minimum atomic E-state index is -3.06. The number of ether oxygens (including phenoxy) is 3. The molecule has 0 aromatic heterocycles. The second-order valence-corrected chi connectivity index (χ2v) is 8.49. The van der Waals surface area contributed by atoms with Crippen molar-refractivity contribution in [2.75, 3.05) is 38.4 Å². The van der Waals surface area contributed by atoms with Crippen LogP contribution in [0.1, 0.15) is 30.1 Å². The van der Waals surface area contributed by atoms with Gasteiger partial charge in [-0.2, -0.15) is 0 Å². The van der Waals surface area contributed by atoms with E-state index in [9.17, 15) is 13.2 Å². The topological polar surface area (TPSA) is 82.1 Å². The van der Waals surface area contributed by atoms with Crippen LogP contribution in [-0.2, 0) is 9.84 Å². The van der Waals surface area contributed by atoms with Crippen LogP contribution in [0.2, 0.25) is 0 Å². The van der Waals surface area contributed by atoms with E-state index in [2.05, 4.69) is 0 Å². The molecular weight excluding hydrogens is 346 g/mol. The van der Waals surface area contributed by atoms with E-state index < -0.39 is 9.84 Å². The Morgan fingerprint density at radius 1 is 1.32 bits per heavy atom. The predicted octanol–water partition coefficient (Wildman–Crippen LogP) is 1.51. The highest BCUT2D eigenvalue weighted by atomic mass is 32.2. The molecule has 2 heterocycles. The first-order chi connectivity index (χ1) is 11.9. The molecule has 1 atom stereocenters. The van der Waals surface area contributed by atoms with Gasteiger partial charge in [-0.1, -0.05) is 6.92 Å². The van der Waals surface area contributed by atoms with Crippen LogP contribution in [0.5, 0.6) is 17.2 Å². The van der Waals surface area contributed by atoms with E-state index in [1.807, 2.05) is 6.92 Å². The van der Waals surface area contributed by atoms with Crippen LogP contribution in [0.3, 0.4) is 0 Å². The van der Waals surface area contributed by atoms with Crippen molar-refractivity contribution in [2.45, 2.75) is 25.8 Å². The van der Waals surface area contributed by atoms with Crippen molar-refractivity contribution in [3.05, 3.63) is 17.7 Å². The molecule has 0 saturated carbocycles. The van der Waals surface area contributed by atoms with Gasteiger partial charge in [-0.15, -0.1) is 0 Å². The number of methoxy groups -OCH3 is 1. The van der Waals surface area contributed by atoms with Crippen molar-refractivity contribution in [3.63, 3.8) is 0 Å². The number of fused-ring (bicyclic) bond motifs is 1. The summed E-state index contributed by atoms with van der Waals surface area (Å²) in [5, 5.41) is 0. The molecule has 138 valence electrons. The van der Waals surface area contributed by atoms with E-state index >= 15 is 0 Å². The minimum Gasteiger partial charge on any atom is -0.493 e. The summed E-state index contributed by atoms with van der Waals surface area (Å²) in [6.07, 6.45) is 1.24. The third kappa shape index (κ3) is 3.68. The third-order valence-electron chi connectivity index (χ3n) is 4.45. The van der Waals surface area contributed by atoms with Crippen LogP contribution < -0.4 is 14.2 Å². The monoisotopic (exact) mass is 369 g/mol. The first-order valence-electron chi connectivity index (χ1n) is 8.44. The number of amides is 1. The molecule has 0 aliphatic carbocycles. The molecule has 7 nitrogen and oxygen atoms in total. The zero-order valence-electron chi connectivity index (χ0n) is 14.5. The van der Waals surface area contributed by atoms with E-state index in [4.69, 9.17) is 14.2 Å². The predicted molar refractivity (Wildman–Crippen MR) is 92.4 cm³/mol. The summed E-state index contributed by atoms with van der Waals surface area (Å²) in [4.78, 5) is 14.7. The molecule has 0 N–H and O–H groups in total. The van der Waals surface area contributed by atoms with Crippen molar-refractivity contribution in [1.29, 1.82) is 0 Å². The van der Waals surface area contributed by atoms with Crippen LogP contribution in [0, 0.1) is 0 Å². The first kappa shape index (κ1) is 17.8. The van der Waals surface area contributed by atoms with Crippen LogP contribution in [0.25, 0.3) is 0 Å². The van der Waals surface area contributed by atoms with Gasteiger partial charge < -0.3 is 19.1 Å². The number of nitrogens with zero attached hydrogens (tertiary/aromatic N) is 1. The average molecular weight is 369 g/mol. The molecule has 3 rings (SSSR count). The second-order valence-electron chi connectivity index (χ2n) is 6.26. The van der Waals surface area contributed by atoms with E-state index in [0.717, 1.165) is 6.42 Å². The lowest BCUT2D eigenvalue weighted by atomic mass is 10.1. The lowest BCUT2D eigenvalue weighted by Gasteiger charge is -2.29. The average Bonchev–Trinajstić information content (AvgIpc) is 2.97. The van der Waals surface area contributed by atoms with Crippen molar-refractivity contribution in [2.24, 2.45) is 0 Å². The molecule has 25 heavy (non-hydrogen) atoms. The van der Waals surface area contributed by atoms with Gasteiger partial charge in [0, 0.05) is 18.2 Å². The van der Waals surface area contributed by atoms with Gasteiger partial charge in [0.1, 0.15) is 13.2 Å². The second kappa shape index (κ2) is 7.11. The minimum absolute atomic E-state index is 0.0282. The highest BCUT2D eigenvalue weighted by Crippen LogP contribution is 2.40. The van der Waals surface area contributed by atoms with Crippen LogP contribution in [0.4, 0.5) is 0 Å². The smallest absolute Gasteiger partial charge is 0.254 e. The van der Waals surface area contributed by atoms with Crippen molar-refractivity contribution < 1.29 is 27.4 Å². The summed E-state index contributed by atoms with van der Waals surface area (Å²) in [5.41, 5.74) is 0.416. The Labute approximate surface area is 147 Å². The number of sulfone groups is 1. The van der Waals surface area contributed by atoms with Crippen LogP contribution >= 0.6 is 0 Å². The van der Waals surface area contributed by atoms with Crippen molar-refractivity contribution in [3.8, 4) is 17.2 Å². The summed E-state index contributed by atoms with van der Waals surface area (Å²) in [5.74, 6) is 1.37. The van der Waals surface area contributed by atoms with Gasteiger partial charge in [-0.05, 0) is 25.0 Å². The zero-order chi connectivity index (χ0) is 18.0. The maximum absolute atomic E-state index is 13.1. The SMILES string of the molecule is CCCN(C(=O)c1cc(OC)c2c(c1)OCCO2)[C@@H]1CCS(=O)(=O)C1. The molecule has 1 fully saturated rings. The molecule has 1 aromatic carbocycles. The molecular formula is C17H23NO6S. The van der Waals surface area contributed by atoms with Crippen molar-refractivity contribution >= 4 is 15.7 Å². The zero-order valence-corrected chi connectivity index (χ0v) is 15.3. The van der Waals surface area contributed by atoms with Crippen LogP contribution in [-0.4, -0.2) is 63.6 Å². The summed E-state index contributed by atoms with van der Waals surface area (Å²) in [6, 6.07) is 2.99. The standard InChI is InChI=1S/C17H23NO6S/c1-3-5-18(13-4-8-25(20,21)11-13)17(19)12-9-14(22-2)16-15(10-12)23-6-7-24-16/h9-10,13H,3-8,11H2,1-2H3/t13-/m1/s1. The number of rotatable bonds is 5. The highest BCUT2D eigenvalue weighted by Gasteiger charge is 2.35. The molecule has 1 aromatic rings. The maximum atomic E-state index is 13.1. The van der Waals surface area contributed by atoms with Gasteiger partial charge in [0.05, 0.1) is 18.6 Å². The molecule has 0 spiro atoms. The number of carbonyl (C=O) groups is 1. The number of hydrogen-bond donors (Lipinski definition) is 0. The van der Waals surface area contributed by atoms with E-state index in [-0.39, 0.29) is 23.5 Å². The normalized spacial score (nSPS) is 21.0. The summed E-state index contributed by atoms with van der Waals surface area (Å²) >= 11 is 0. The summed E-state index contributed by atoms with van der Waals surface area (Å²) in [7, 11) is -1.56. The Morgan fingerprint density at radius 2 is 2.08 bits per heavy atom. The largest absolute Gasteiger partial charge is 0.493 e.